The Morgan fingerprint density at radius 3 is 1.71 bits per heavy atom. The molecule has 0 aromatic heterocycles. The van der Waals surface area contributed by atoms with E-state index in [0.29, 0.717) is 23.9 Å². The molecule has 0 saturated carbocycles. The van der Waals surface area contributed by atoms with Crippen LogP contribution in [-0.2, 0) is 5.11 Å². The van der Waals surface area contributed by atoms with Gasteiger partial charge in [-0.15, -0.1) is 11.8 Å². The predicted molar refractivity (Wildman–Crippen MR) is 71.9 cm³/mol. The molecule has 0 aliphatic rings. The first-order valence-electron chi connectivity index (χ1n) is 5.47. The average Bonchev–Trinajstić information content (AvgIpc) is 2.33. The second-order valence-corrected chi connectivity index (χ2v) is 5.62. The maximum atomic E-state index is 11.5. The van der Waals surface area contributed by atoms with E-state index < -0.39 is 37.4 Å². The van der Waals surface area contributed by atoms with Crippen LogP contribution in [0.4, 0.5) is 17.1 Å². The van der Waals surface area contributed by atoms with Crippen molar-refractivity contribution in [2.45, 2.75) is 24.3 Å². The van der Waals surface area contributed by atoms with Gasteiger partial charge < -0.3 is 0 Å². The fourth-order valence-corrected chi connectivity index (χ4v) is 2.41. The number of nitro groups is 3. The van der Waals surface area contributed by atoms with Gasteiger partial charge in [0.05, 0.1) is 26.9 Å². The van der Waals surface area contributed by atoms with E-state index in [4.69, 9.17) is 0 Å². The van der Waals surface area contributed by atoms with E-state index in [2.05, 4.69) is 0 Å². The van der Waals surface area contributed by atoms with Crippen LogP contribution in [0.2, 0.25) is 0 Å². The van der Waals surface area contributed by atoms with Crippen LogP contribution in [0.15, 0.2) is 17.0 Å². The minimum Gasteiger partial charge on any atom is -0.258 e. The second-order valence-electron chi connectivity index (χ2n) is 4.63. The standard InChI is InChI=1S/C10H10N3O7S/c1-10(2,14)5-21-9-7(12(17)18)3-6(11(15)16)4-8(9)13(19)20/h3-4H,5H2,1-2H3. The van der Waals surface area contributed by atoms with Gasteiger partial charge in [-0.2, -0.15) is 0 Å². The van der Waals surface area contributed by atoms with Crippen molar-refractivity contribution in [2.24, 2.45) is 0 Å². The summed E-state index contributed by atoms with van der Waals surface area (Å²) in [5, 5.41) is 44.2. The smallest absolute Gasteiger partial charge is 0.258 e. The van der Waals surface area contributed by atoms with Crippen molar-refractivity contribution in [3.63, 3.8) is 0 Å². The van der Waals surface area contributed by atoms with Gasteiger partial charge in [0.1, 0.15) is 5.60 Å². The van der Waals surface area contributed by atoms with E-state index in [1.165, 1.54) is 13.8 Å². The molecule has 10 nitrogen and oxygen atoms in total. The summed E-state index contributed by atoms with van der Waals surface area (Å²) in [6.07, 6.45) is 0. The minimum absolute atomic E-state index is 0.160. The molecule has 113 valence electrons. The Morgan fingerprint density at radius 1 is 1.00 bits per heavy atom. The third-order valence-corrected chi connectivity index (χ3v) is 3.75. The first-order valence-corrected chi connectivity index (χ1v) is 6.46. The highest BCUT2D eigenvalue weighted by Gasteiger charge is 2.32. The van der Waals surface area contributed by atoms with Crippen molar-refractivity contribution in [3.05, 3.63) is 42.5 Å². The summed E-state index contributed by atoms with van der Waals surface area (Å²) >= 11 is 0.639. The van der Waals surface area contributed by atoms with Gasteiger partial charge in [-0.05, 0) is 13.8 Å². The molecule has 1 aromatic rings. The molecule has 21 heavy (non-hydrogen) atoms. The number of non-ortho nitro benzene ring substituents is 1. The van der Waals surface area contributed by atoms with Crippen LogP contribution in [0.1, 0.15) is 13.8 Å². The Hall–Kier alpha value is -2.27. The lowest BCUT2D eigenvalue weighted by molar-refractivity contribution is -0.407. The summed E-state index contributed by atoms with van der Waals surface area (Å²) in [4.78, 5) is 29.4. The Kier molecular flexibility index (Phi) is 4.80. The fourth-order valence-electron chi connectivity index (χ4n) is 1.35. The highest BCUT2D eigenvalue weighted by Crippen LogP contribution is 2.41. The van der Waals surface area contributed by atoms with E-state index in [1.54, 1.807) is 0 Å². The number of nitro benzene ring substituents is 3. The number of nitrogens with zero attached hydrogens (tertiary/aromatic N) is 3. The van der Waals surface area contributed by atoms with E-state index in [9.17, 15) is 35.4 Å². The van der Waals surface area contributed by atoms with Gasteiger partial charge in [-0.25, -0.2) is 5.11 Å². The van der Waals surface area contributed by atoms with E-state index >= 15 is 0 Å². The average molecular weight is 316 g/mol. The third kappa shape index (κ3) is 4.36. The van der Waals surface area contributed by atoms with Crippen LogP contribution < -0.4 is 0 Å². The summed E-state index contributed by atoms with van der Waals surface area (Å²) in [5.41, 5.74) is -3.73. The largest absolute Gasteiger partial charge is 0.296 e. The van der Waals surface area contributed by atoms with Crippen LogP contribution in [0.25, 0.3) is 0 Å². The molecule has 0 aliphatic carbocycles. The zero-order valence-electron chi connectivity index (χ0n) is 11.0. The highest BCUT2D eigenvalue weighted by atomic mass is 32.2. The molecule has 1 radical (unpaired) electrons. The molecule has 1 rings (SSSR count). The SMILES string of the molecule is CC(C)([O])CSc1c([N+](=O)[O-])cc([N+](=O)[O-])cc1[N+](=O)[O-]. The maximum absolute atomic E-state index is 11.5. The van der Waals surface area contributed by atoms with Crippen molar-refractivity contribution in [1.82, 2.24) is 0 Å². The third-order valence-electron chi connectivity index (χ3n) is 2.20. The minimum atomic E-state index is -1.46. The number of thioether (sulfide) groups is 1. The Labute approximate surface area is 122 Å². The molecule has 0 aliphatic heterocycles. The number of hydrogen-bond acceptors (Lipinski definition) is 7. The lowest BCUT2D eigenvalue weighted by atomic mass is 10.2. The van der Waals surface area contributed by atoms with Gasteiger partial charge in [-0.3, -0.25) is 30.3 Å². The molecular weight excluding hydrogens is 306 g/mol. The van der Waals surface area contributed by atoms with E-state index in [0.717, 1.165) is 0 Å². The Balaban J connectivity index is 3.46. The number of rotatable bonds is 6. The normalized spacial score (nSPS) is 11.2. The van der Waals surface area contributed by atoms with E-state index in [-0.39, 0.29) is 10.6 Å². The molecule has 0 fully saturated rings. The molecule has 0 spiro atoms. The van der Waals surface area contributed by atoms with Gasteiger partial charge in [0.2, 0.25) is 0 Å². The summed E-state index contributed by atoms with van der Waals surface area (Å²) < 4.78 is 0. The predicted octanol–water partition coefficient (Wildman–Crippen LogP) is 2.71. The molecule has 0 saturated heterocycles. The monoisotopic (exact) mass is 316 g/mol. The van der Waals surface area contributed by atoms with Crippen LogP contribution in [0.3, 0.4) is 0 Å². The zero-order chi connectivity index (χ0) is 16.4. The fraction of sp³-hybridized carbons (Fsp3) is 0.400. The first kappa shape index (κ1) is 16.8. The maximum Gasteiger partial charge on any atom is 0.296 e. The van der Waals surface area contributed by atoms with Gasteiger partial charge in [-0.1, -0.05) is 0 Å². The quantitative estimate of drug-likeness (QED) is 0.444. The lowest BCUT2D eigenvalue weighted by Gasteiger charge is -2.13. The van der Waals surface area contributed by atoms with Crippen molar-refractivity contribution < 1.29 is 19.9 Å². The van der Waals surface area contributed by atoms with Crippen molar-refractivity contribution in [3.8, 4) is 0 Å². The van der Waals surface area contributed by atoms with Crippen LogP contribution >= 0.6 is 11.8 Å². The molecule has 0 amide bonds. The van der Waals surface area contributed by atoms with Gasteiger partial charge >= 0.3 is 0 Å². The van der Waals surface area contributed by atoms with E-state index in [1.807, 2.05) is 0 Å². The van der Waals surface area contributed by atoms with Crippen LogP contribution in [0.5, 0.6) is 0 Å². The highest BCUT2D eigenvalue weighted by molar-refractivity contribution is 7.99. The first-order chi connectivity index (χ1) is 9.53. The molecule has 0 unspecified atom stereocenters. The van der Waals surface area contributed by atoms with Gasteiger partial charge in [0, 0.05) is 5.75 Å². The summed E-state index contributed by atoms with van der Waals surface area (Å²) in [5.74, 6) is -0.160. The Morgan fingerprint density at radius 2 is 1.43 bits per heavy atom. The Bertz CT molecular complexity index is 576. The molecule has 11 heteroatoms. The van der Waals surface area contributed by atoms with Crippen molar-refractivity contribution >= 4 is 28.8 Å². The summed E-state index contributed by atoms with van der Waals surface area (Å²) in [6, 6.07) is 1.29. The number of hydrogen-bond donors (Lipinski definition) is 0. The molecule has 0 heterocycles. The summed E-state index contributed by atoms with van der Waals surface area (Å²) in [6.45, 7) is 2.64. The molecule has 0 bridgehead atoms. The number of benzene rings is 1. The van der Waals surface area contributed by atoms with Gasteiger partial charge in [0.15, 0.2) is 4.90 Å². The van der Waals surface area contributed by atoms with Crippen molar-refractivity contribution in [2.75, 3.05) is 5.75 Å². The van der Waals surface area contributed by atoms with Crippen LogP contribution in [0, 0.1) is 30.3 Å². The second kappa shape index (κ2) is 6.01. The lowest BCUT2D eigenvalue weighted by Crippen LogP contribution is -2.19. The molecular formula is C10H10N3O7S. The molecule has 0 N–H and O–H groups in total. The van der Waals surface area contributed by atoms with Crippen LogP contribution in [-0.4, -0.2) is 26.1 Å². The van der Waals surface area contributed by atoms with Gasteiger partial charge in [0.25, 0.3) is 17.1 Å². The van der Waals surface area contributed by atoms with Crippen molar-refractivity contribution in [1.29, 1.82) is 0 Å². The topological polar surface area (TPSA) is 149 Å². The molecule has 0 atom stereocenters. The summed E-state index contributed by atoms with van der Waals surface area (Å²) in [7, 11) is 0. The molecule has 1 aromatic carbocycles. The zero-order valence-corrected chi connectivity index (χ0v) is 11.8.